The zero-order valence-corrected chi connectivity index (χ0v) is 16.4. The van der Waals surface area contributed by atoms with E-state index in [2.05, 4.69) is 15.4 Å². The molecule has 1 atom stereocenters. The number of amides is 2. The number of esters is 1. The van der Waals surface area contributed by atoms with Crippen LogP contribution in [0.4, 0.5) is 0 Å². The molecule has 0 fully saturated rings. The van der Waals surface area contributed by atoms with Gasteiger partial charge in [0, 0.05) is 13.1 Å². The van der Waals surface area contributed by atoms with Crippen LogP contribution in [0.25, 0.3) is 0 Å². The second kappa shape index (κ2) is 10.6. The van der Waals surface area contributed by atoms with Gasteiger partial charge in [-0.1, -0.05) is 13.8 Å². The van der Waals surface area contributed by atoms with E-state index in [1.807, 2.05) is 6.92 Å². The number of sulfonamides is 1. The molecular weight excluding hydrogens is 374 g/mol. The first-order valence-corrected chi connectivity index (χ1v) is 10.0. The van der Waals surface area contributed by atoms with Crippen LogP contribution in [-0.4, -0.2) is 51.9 Å². The predicted molar refractivity (Wildman–Crippen MR) is 98.5 cm³/mol. The highest BCUT2D eigenvalue weighted by atomic mass is 32.2. The van der Waals surface area contributed by atoms with Gasteiger partial charge in [-0.15, -0.1) is 0 Å². The third-order valence-electron chi connectivity index (χ3n) is 3.39. The van der Waals surface area contributed by atoms with Crippen LogP contribution in [-0.2, 0) is 24.3 Å². The molecule has 0 saturated carbocycles. The third kappa shape index (κ3) is 7.35. The molecule has 0 heterocycles. The molecule has 0 aromatic heterocycles. The lowest BCUT2D eigenvalue weighted by Crippen LogP contribution is -2.46. The standard InChI is InChI=1S/C17H25N3O6S/c1-4-10-18-16(22)12(3)20-15(21)11-26-17(23)13-6-8-14(9-7-13)27(24,25)19-5-2/h6-9,12,19H,4-5,10-11H2,1-3H3,(H,18,22)(H,20,21)/t12-/m0/s1. The molecule has 1 aromatic carbocycles. The van der Waals surface area contributed by atoms with Gasteiger partial charge in [0.25, 0.3) is 5.91 Å². The summed E-state index contributed by atoms with van der Waals surface area (Å²) in [6.45, 7) is 5.29. The maximum Gasteiger partial charge on any atom is 0.338 e. The molecule has 3 N–H and O–H groups in total. The van der Waals surface area contributed by atoms with E-state index in [0.29, 0.717) is 6.54 Å². The number of carbonyl (C=O) groups excluding carboxylic acids is 3. The minimum Gasteiger partial charge on any atom is -0.452 e. The summed E-state index contributed by atoms with van der Waals surface area (Å²) in [5.74, 6) is -1.72. The summed E-state index contributed by atoms with van der Waals surface area (Å²) in [5, 5.41) is 5.06. The van der Waals surface area contributed by atoms with Crippen LogP contribution in [0.3, 0.4) is 0 Å². The Morgan fingerprint density at radius 3 is 2.30 bits per heavy atom. The van der Waals surface area contributed by atoms with E-state index in [-0.39, 0.29) is 22.9 Å². The first kappa shape index (κ1) is 22.6. The van der Waals surface area contributed by atoms with Crippen LogP contribution in [0.15, 0.2) is 29.2 Å². The fourth-order valence-electron chi connectivity index (χ4n) is 2.01. The van der Waals surface area contributed by atoms with E-state index in [1.165, 1.54) is 31.2 Å². The van der Waals surface area contributed by atoms with Gasteiger partial charge < -0.3 is 15.4 Å². The Balaban J connectivity index is 2.54. The van der Waals surface area contributed by atoms with Crippen LogP contribution in [0, 0.1) is 0 Å². The SMILES string of the molecule is CCCNC(=O)[C@H](C)NC(=O)COC(=O)c1ccc(S(=O)(=O)NCC)cc1. The second-order valence-corrected chi connectivity index (χ2v) is 7.45. The maximum absolute atomic E-state index is 12.0. The summed E-state index contributed by atoms with van der Waals surface area (Å²) in [7, 11) is -3.61. The summed E-state index contributed by atoms with van der Waals surface area (Å²) in [6, 6.07) is 4.39. The van der Waals surface area contributed by atoms with Gasteiger partial charge in [-0.3, -0.25) is 9.59 Å². The molecule has 150 valence electrons. The van der Waals surface area contributed by atoms with E-state index in [1.54, 1.807) is 6.92 Å². The molecule has 0 radical (unpaired) electrons. The Kier molecular flexibility index (Phi) is 8.89. The van der Waals surface area contributed by atoms with Crippen molar-refractivity contribution in [2.24, 2.45) is 0 Å². The molecule has 27 heavy (non-hydrogen) atoms. The molecule has 0 bridgehead atoms. The highest BCUT2D eigenvalue weighted by molar-refractivity contribution is 7.89. The Hall–Kier alpha value is -2.46. The van der Waals surface area contributed by atoms with E-state index < -0.39 is 34.5 Å². The molecule has 0 aliphatic carbocycles. The fraction of sp³-hybridized carbons (Fsp3) is 0.471. The molecule has 0 unspecified atom stereocenters. The molecule has 10 heteroatoms. The number of benzene rings is 1. The highest BCUT2D eigenvalue weighted by Crippen LogP contribution is 2.11. The predicted octanol–water partition coefficient (Wildman–Crippen LogP) is 0.173. The van der Waals surface area contributed by atoms with Crippen molar-refractivity contribution in [3.63, 3.8) is 0 Å². The molecule has 0 aliphatic rings. The van der Waals surface area contributed by atoms with Crippen molar-refractivity contribution in [3.05, 3.63) is 29.8 Å². The van der Waals surface area contributed by atoms with E-state index >= 15 is 0 Å². The number of ether oxygens (including phenoxy) is 1. The molecule has 2 amide bonds. The zero-order valence-electron chi connectivity index (χ0n) is 15.6. The fourth-order valence-corrected chi connectivity index (χ4v) is 3.05. The van der Waals surface area contributed by atoms with Crippen molar-refractivity contribution in [3.8, 4) is 0 Å². The van der Waals surface area contributed by atoms with Crippen molar-refractivity contribution < 1.29 is 27.5 Å². The Bertz CT molecular complexity index is 761. The van der Waals surface area contributed by atoms with E-state index in [4.69, 9.17) is 4.74 Å². The van der Waals surface area contributed by atoms with Crippen LogP contribution in [0.5, 0.6) is 0 Å². The van der Waals surface area contributed by atoms with Gasteiger partial charge in [0.05, 0.1) is 10.5 Å². The summed E-state index contributed by atoms with van der Waals surface area (Å²) in [6.07, 6.45) is 0.776. The van der Waals surface area contributed by atoms with Gasteiger partial charge >= 0.3 is 5.97 Å². The zero-order chi connectivity index (χ0) is 20.4. The number of hydrogen-bond donors (Lipinski definition) is 3. The number of rotatable bonds is 10. The monoisotopic (exact) mass is 399 g/mol. The largest absolute Gasteiger partial charge is 0.452 e. The van der Waals surface area contributed by atoms with Gasteiger partial charge in [-0.2, -0.15) is 0 Å². The van der Waals surface area contributed by atoms with Crippen LogP contribution >= 0.6 is 0 Å². The lowest BCUT2D eigenvalue weighted by Gasteiger charge is -2.13. The van der Waals surface area contributed by atoms with Crippen molar-refractivity contribution in [1.29, 1.82) is 0 Å². The summed E-state index contributed by atoms with van der Waals surface area (Å²) in [4.78, 5) is 35.4. The summed E-state index contributed by atoms with van der Waals surface area (Å²) < 4.78 is 30.9. The van der Waals surface area contributed by atoms with Crippen LogP contribution < -0.4 is 15.4 Å². The number of carbonyl (C=O) groups is 3. The average Bonchev–Trinajstić information content (AvgIpc) is 2.64. The molecule has 1 aromatic rings. The minimum atomic E-state index is -3.61. The third-order valence-corrected chi connectivity index (χ3v) is 4.95. The van der Waals surface area contributed by atoms with Crippen LogP contribution in [0.1, 0.15) is 37.6 Å². The molecule has 9 nitrogen and oxygen atoms in total. The minimum absolute atomic E-state index is 0.0190. The van der Waals surface area contributed by atoms with Crippen molar-refractivity contribution >= 4 is 27.8 Å². The Morgan fingerprint density at radius 1 is 1.11 bits per heavy atom. The number of hydrogen-bond acceptors (Lipinski definition) is 6. The normalized spacial score (nSPS) is 12.1. The smallest absolute Gasteiger partial charge is 0.338 e. The van der Waals surface area contributed by atoms with Gasteiger partial charge in [-0.05, 0) is 37.6 Å². The van der Waals surface area contributed by atoms with E-state index in [9.17, 15) is 22.8 Å². The van der Waals surface area contributed by atoms with E-state index in [0.717, 1.165) is 6.42 Å². The first-order chi connectivity index (χ1) is 12.7. The maximum atomic E-state index is 12.0. The van der Waals surface area contributed by atoms with Gasteiger partial charge in [0.2, 0.25) is 15.9 Å². The summed E-state index contributed by atoms with van der Waals surface area (Å²) >= 11 is 0. The Morgan fingerprint density at radius 2 is 1.74 bits per heavy atom. The Labute approximate surface area is 158 Å². The lowest BCUT2D eigenvalue weighted by atomic mass is 10.2. The second-order valence-electron chi connectivity index (χ2n) is 5.68. The average molecular weight is 399 g/mol. The lowest BCUT2D eigenvalue weighted by molar-refractivity contribution is -0.130. The first-order valence-electron chi connectivity index (χ1n) is 8.55. The molecule has 1 rings (SSSR count). The van der Waals surface area contributed by atoms with Crippen molar-refractivity contribution in [2.45, 2.75) is 38.1 Å². The van der Waals surface area contributed by atoms with Gasteiger partial charge in [0.1, 0.15) is 6.04 Å². The summed E-state index contributed by atoms with van der Waals surface area (Å²) in [5.41, 5.74) is 0.104. The van der Waals surface area contributed by atoms with Gasteiger partial charge in [-0.25, -0.2) is 17.9 Å². The highest BCUT2D eigenvalue weighted by Gasteiger charge is 2.17. The van der Waals surface area contributed by atoms with Crippen LogP contribution in [0.2, 0.25) is 0 Å². The van der Waals surface area contributed by atoms with Crippen molar-refractivity contribution in [1.82, 2.24) is 15.4 Å². The van der Waals surface area contributed by atoms with Gasteiger partial charge in [0.15, 0.2) is 6.61 Å². The molecular formula is C17H25N3O6S. The molecule has 0 spiro atoms. The molecule has 0 aliphatic heterocycles. The number of nitrogens with one attached hydrogen (secondary N) is 3. The quantitative estimate of drug-likeness (QED) is 0.481. The van der Waals surface area contributed by atoms with Crippen molar-refractivity contribution in [2.75, 3.05) is 19.7 Å². The topological polar surface area (TPSA) is 131 Å². The molecule has 0 saturated heterocycles.